The highest BCUT2D eigenvalue weighted by molar-refractivity contribution is 7.99. The zero-order chi connectivity index (χ0) is 23.7. The molecule has 5 rings (SSSR count). The van der Waals surface area contributed by atoms with Crippen LogP contribution in [0, 0.1) is 15.9 Å². The number of hydrogen-bond donors (Lipinski definition) is 0. The molecule has 0 spiro atoms. The normalized spacial score (nSPS) is 11.0. The second-order valence-corrected chi connectivity index (χ2v) is 9.33. The van der Waals surface area contributed by atoms with Gasteiger partial charge in [-0.05, 0) is 35.9 Å². The molecule has 0 amide bonds. The van der Waals surface area contributed by atoms with Crippen LogP contribution in [0.1, 0.15) is 15.9 Å². The van der Waals surface area contributed by atoms with E-state index in [4.69, 9.17) is 0 Å². The molecule has 5 aromatic rings. The van der Waals surface area contributed by atoms with Crippen LogP contribution in [-0.2, 0) is 0 Å². The number of nitro groups is 1. The molecule has 0 N–H and O–H groups in total. The van der Waals surface area contributed by atoms with Crippen molar-refractivity contribution in [2.24, 2.45) is 0 Å². The van der Waals surface area contributed by atoms with E-state index >= 15 is 0 Å². The Balaban J connectivity index is 1.51. The number of aromatic nitrogens is 2. The first-order valence-corrected chi connectivity index (χ1v) is 11.7. The molecule has 9 heteroatoms. The van der Waals surface area contributed by atoms with Gasteiger partial charge in [0.15, 0.2) is 5.78 Å². The summed E-state index contributed by atoms with van der Waals surface area (Å²) in [6.45, 7) is 0. The van der Waals surface area contributed by atoms with Crippen LogP contribution in [-0.4, -0.2) is 20.7 Å². The van der Waals surface area contributed by atoms with Crippen molar-refractivity contribution in [1.82, 2.24) is 9.97 Å². The van der Waals surface area contributed by atoms with Crippen molar-refractivity contribution in [3.63, 3.8) is 0 Å². The third-order valence-electron chi connectivity index (χ3n) is 5.07. The van der Waals surface area contributed by atoms with E-state index in [1.54, 1.807) is 54.6 Å². The molecule has 34 heavy (non-hydrogen) atoms. The monoisotopic (exact) mass is 487 g/mol. The Labute approximate surface area is 201 Å². The van der Waals surface area contributed by atoms with E-state index in [1.165, 1.54) is 35.9 Å². The third-order valence-corrected chi connectivity index (χ3v) is 7.45. The smallest absolute Gasteiger partial charge is 0.284 e. The standard InChI is InChI=1S/C25H14FN3O3S2/c26-18-9-6-15(7-10-18)22-13-19-24(33-22)25(28-14-27-19)34-21-11-8-17(12-20(21)29(31)32)23(30)16-4-2-1-3-5-16/h1-14H. The van der Waals surface area contributed by atoms with E-state index < -0.39 is 4.92 Å². The molecule has 0 fully saturated rings. The summed E-state index contributed by atoms with van der Waals surface area (Å²) in [5.74, 6) is -0.603. The van der Waals surface area contributed by atoms with Crippen LogP contribution in [0.4, 0.5) is 10.1 Å². The summed E-state index contributed by atoms with van der Waals surface area (Å²) >= 11 is 2.58. The van der Waals surface area contributed by atoms with Crippen molar-refractivity contribution in [2.75, 3.05) is 0 Å². The molecule has 0 aliphatic heterocycles. The molecular weight excluding hydrogens is 473 g/mol. The largest absolute Gasteiger partial charge is 0.289 e. The first-order chi connectivity index (χ1) is 16.5. The van der Waals surface area contributed by atoms with Gasteiger partial charge in [0.1, 0.15) is 17.2 Å². The Morgan fingerprint density at radius 3 is 2.44 bits per heavy atom. The fourth-order valence-electron chi connectivity index (χ4n) is 3.41. The van der Waals surface area contributed by atoms with Crippen molar-refractivity contribution >= 4 is 44.8 Å². The molecule has 6 nitrogen and oxygen atoms in total. The molecule has 0 atom stereocenters. The van der Waals surface area contributed by atoms with E-state index in [0.29, 0.717) is 21.0 Å². The minimum absolute atomic E-state index is 0.172. The van der Waals surface area contributed by atoms with Crippen molar-refractivity contribution in [1.29, 1.82) is 0 Å². The highest BCUT2D eigenvalue weighted by atomic mass is 32.2. The lowest BCUT2D eigenvalue weighted by Crippen LogP contribution is -2.02. The lowest BCUT2D eigenvalue weighted by Gasteiger charge is -2.06. The number of carbonyl (C=O) groups is 1. The zero-order valence-electron chi connectivity index (χ0n) is 17.3. The molecule has 166 valence electrons. The van der Waals surface area contributed by atoms with E-state index in [2.05, 4.69) is 9.97 Å². The summed E-state index contributed by atoms with van der Waals surface area (Å²) in [6.07, 6.45) is 1.41. The van der Waals surface area contributed by atoms with Gasteiger partial charge in [-0.15, -0.1) is 11.3 Å². The van der Waals surface area contributed by atoms with Crippen molar-refractivity contribution < 1.29 is 14.1 Å². The summed E-state index contributed by atoms with van der Waals surface area (Å²) in [4.78, 5) is 34.0. The van der Waals surface area contributed by atoms with Crippen LogP contribution < -0.4 is 0 Å². The Morgan fingerprint density at radius 2 is 1.71 bits per heavy atom. The third kappa shape index (κ3) is 4.30. The fourth-order valence-corrected chi connectivity index (χ4v) is 5.54. The molecule has 0 bridgehead atoms. The zero-order valence-corrected chi connectivity index (χ0v) is 19.0. The Bertz CT molecular complexity index is 1540. The van der Waals surface area contributed by atoms with Crippen molar-refractivity contribution in [3.05, 3.63) is 112 Å². The van der Waals surface area contributed by atoms with Gasteiger partial charge in [-0.3, -0.25) is 14.9 Å². The second kappa shape index (κ2) is 9.12. The molecule has 0 saturated carbocycles. The molecule has 0 aliphatic rings. The number of ketones is 1. The molecule has 2 heterocycles. The maximum absolute atomic E-state index is 13.3. The molecule has 2 aromatic heterocycles. The summed E-state index contributed by atoms with van der Waals surface area (Å²) in [6, 6.07) is 21.1. The maximum atomic E-state index is 13.3. The number of carbonyl (C=O) groups excluding carboxylic acids is 1. The number of rotatable bonds is 6. The van der Waals surface area contributed by atoms with Gasteiger partial charge in [0.25, 0.3) is 5.69 Å². The topological polar surface area (TPSA) is 86.0 Å². The first-order valence-electron chi connectivity index (χ1n) is 10.1. The number of benzene rings is 3. The highest BCUT2D eigenvalue weighted by Gasteiger charge is 2.21. The number of fused-ring (bicyclic) bond motifs is 1. The number of nitro benzene ring substituents is 1. The highest BCUT2D eigenvalue weighted by Crippen LogP contribution is 2.41. The Hall–Kier alpha value is -3.95. The van der Waals surface area contributed by atoms with E-state index in [9.17, 15) is 19.3 Å². The van der Waals surface area contributed by atoms with Gasteiger partial charge in [0.2, 0.25) is 0 Å². The van der Waals surface area contributed by atoms with E-state index in [1.807, 2.05) is 6.07 Å². The molecule has 3 aromatic carbocycles. The van der Waals surface area contributed by atoms with Gasteiger partial charge in [-0.25, -0.2) is 14.4 Å². The average Bonchev–Trinajstić information content (AvgIpc) is 3.30. The minimum Gasteiger partial charge on any atom is -0.289 e. The van der Waals surface area contributed by atoms with Gasteiger partial charge < -0.3 is 0 Å². The molecular formula is C25H14FN3O3S2. The van der Waals surface area contributed by atoms with Crippen LogP contribution in [0.3, 0.4) is 0 Å². The minimum atomic E-state index is -0.499. The number of halogens is 1. The average molecular weight is 488 g/mol. The van der Waals surface area contributed by atoms with E-state index in [0.717, 1.165) is 26.9 Å². The van der Waals surface area contributed by atoms with E-state index in [-0.39, 0.29) is 22.9 Å². The summed E-state index contributed by atoms with van der Waals surface area (Å²) in [5, 5.41) is 12.4. The van der Waals surface area contributed by atoms with Gasteiger partial charge in [0, 0.05) is 22.1 Å². The number of nitrogens with zero attached hydrogens (tertiary/aromatic N) is 3. The number of thiophene rings is 1. The van der Waals surface area contributed by atoms with Crippen LogP contribution in [0.2, 0.25) is 0 Å². The second-order valence-electron chi connectivity index (χ2n) is 7.25. The van der Waals surface area contributed by atoms with Gasteiger partial charge >= 0.3 is 0 Å². The molecule has 0 radical (unpaired) electrons. The lowest BCUT2D eigenvalue weighted by atomic mass is 10.0. The molecule has 0 saturated heterocycles. The maximum Gasteiger partial charge on any atom is 0.284 e. The van der Waals surface area contributed by atoms with Crippen LogP contribution in [0.25, 0.3) is 20.7 Å². The summed E-state index contributed by atoms with van der Waals surface area (Å²) in [5.41, 5.74) is 2.07. The SMILES string of the molecule is O=C(c1ccccc1)c1ccc(Sc2ncnc3cc(-c4ccc(F)cc4)sc23)c([N+](=O)[O-])c1. The molecule has 0 unspecified atom stereocenters. The molecule has 0 aliphatic carbocycles. The predicted octanol–water partition coefficient (Wildman–Crippen LogP) is 6.79. The van der Waals surface area contributed by atoms with Crippen LogP contribution >= 0.6 is 23.1 Å². The summed E-state index contributed by atoms with van der Waals surface area (Å²) < 4.78 is 14.1. The van der Waals surface area contributed by atoms with Crippen molar-refractivity contribution in [3.8, 4) is 10.4 Å². The Kier molecular flexibility index (Phi) is 5.87. The van der Waals surface area contributed by atoms with Crippen molar-refractivity contribution in [2.45, 2.75) is 9.92 Å². The van der Waals surface area contributed by atoms with Crippen LogP contribution in [0.5, 0.6) is 0 Å². The number of hydrogen-bond acceptors (Lipinski definition) is 7. The Morgan fingerprint density at radius 1 is 0.941 bits per heavy atom. The fraction of sp³-hybridized carbons (Fsp3) is 0. The predicted molar refractivity (Wildman–Crippen MR) is 130 cm³/mol. The first kappa shape index (κ1) is 21.9. The summed E-state index contributed by atoms with van der Waals surface area (Å²) in [7, 11) is 0. The van der Waals surface area contributed by atoms with Gasteiger partial charge in [0.05, 0.1) is 20.0 Å². The van der Waals surface area contributed by atoms with Crippen LogP contribution in [0.15, 0.2) is 95.1 Å². The van der Waals surface area contributed by atoms with Gasteiger partial charge in [-0.2, -0.15) is 0 Å². The lowest BCUT2D eigenvalue weighted by molar-refractivity contribution is -0.387. The van der Waals surface area contributed by atoms with Gasteiger partial charge in [-0.1, -0.05) is 54.2 Å². The quantitative estimate of drug-likeness (QED) is 0.113.